The molecular weight excluding hydrogens is 178 g/mol. The van der Waals surface area contributed by atoms with Gasteiger partial charge in [-0.15, -0.1) is 10.2 Å². The summed E-state index contributed by atoms with van der Waals surface area (Å²) in [6.45, 7) is 6.22. The Kier molecular flexibility index (Phi) is 2.82. The first-order valence-corrected chi connectivity index (χ1v) is 5.26. The lowest BCUT2D eigenvalue weighted by Crippen LogP contribution is -2.11. The molecule has 1 atom stereocenters. The molecule has 1 aliphatic rings. The average Bonchev–Trinajstić information content (AvgIpc) is 2.70. The second kappa shape index (κ2) is 4.09. The van der Waals surface area contributed by atoms with E-state index in [0.29, 0.717) is 5.92 Å². The summed E-state index contributed by atoms with van der Waals surface area (Å²) < 4.78 is 7.71. The number of nitrogens with zero attached hydrogens (tertiary/aromatic N) is 3. The monoisotopic (exact) mass is 195 g/mol. The van der Waals surface area contributed by atoms with Gasteiger partial charge in [0, 0.05) is 13.2 Å². The Morgan fingerprint density at radius 3 is 3.14 bits per heavy atom. The standard InChI is InChI=1S/C10H17N3O/c1-8(2)6-13-7-11-12-10(13)9-4-3-5-14-9/h7-9H,3-6H2,1-2H3. The number of ether oxygens (including phenoxy) is 1. The third-order valence-corrected chi connectivity index (χ3v) is 2.42. The molecule has 0 amide bonds. The highest BCUT2D eigenvalue weighted by molar-refractivity contribution is 4.93. The van der Waals surface area contributed by atoms with Crippen LogP contribution >= 0.6 is 0 Å². The van der Waals surface area contributed by atoms with Gasteiger partial charge in [-0.05, 0) is 18.8 Å². The van der Waals surface area contributed by atoms with Gasteiger partial charge in [-0.25, -0.2) is 0 Å². The fourth-order valence-corrected chi connectivity index (χ4v) is 1.83. The molecule has 2 rings (SSSR count). The molecule has 0 N–H and O–H groups in total. The maximum absolute atomic E-state index is 5.60. The Morgan fingerprint density at radius 1 is 1.64 bits per heavy atom. The molecule has 1 unspecified atom stereocenters. The smallest absolute Gasteiger partial charge is 0.162 e. The Bertz CT molecular complexity index is 289. The first-order valence-electron chi connectivity index (χ1n) is 5.26. The number of aromatic nitrogens is 3. The van der Waals surface area contributed by atoms with Gasteiger partial charge in [0.1, 0.15) is 12.4 Å². The van der Waals surface area contributed by atoms with Crippen molar-refractivity contribution >= 4 is 0 Å². The number of hydrogen-bond acceptors (Lipinski definition) is 3. The highest BCUT2D eigenvalue weighted by Gasteiger charge is 2.22. The van der Waals surface area contributed by atoms with Crippen LogP contribution in [-0.4, -0.2) is 21.4 Å². The molecule has 14 heavy (non-hydrogen) atoms. The van der Waals surface area contributed by atoms with E-state index in [1.54, 1.807) is 6.33 Å². The van der Waals surface area contributed by atoms with Crippen LogP contribution in [0.25, 0.3) is 0 Å². The molecule has 78 valence electrons. The Labute approximate surface area is 84.3 Å². The summed E-state index contributed by atoms with van der Waals surface area (Å²) in [5, 5.41) is 8.09. The molecule has 0 aliphatic carbocycles. The van der Waals surface area contributed by atoms with E-state index in [0.717, 1.165) is 31.8 Å². The normalized spacial score (nSPS) is 22.1. The van der Waals surface area contributed by atoms with Crippen molar-refractivity contribution in [2.24, 2.45) is 5.92 Å². The molecule has 4 heteroatoms. The summed E-state index contributed by atoms with van der Waals surface area (Å²) >= 11 is 0. The van der Waals surface area contributed by atoms with Crippen LogP contribution in [0.4, 0.5) is 0 Å². The van der Waals surface area contributed by atoms with Crippen molar-refractivity contribution in [3.05, 3.63) is 12.2 Å². The molecule has 1 aromatic heterocycles. The summed E-state index contributed by atoms with van der Waals surface area (Å²) in [6, 6.07) is 0. The molecule has 2 heterocycles. The van der Waals surface area contributed by atoms with Crippen LogP contribution in [0.15, 0.2) is 6.33 Å². The molecular formula is C10H17N3O. The third-order valence-electron chi connectivity index (χ3n) is 2.42. The minimum Gasteiger partial charge on any atom is -0.370 e. The van der Waals surface area contributed by atoms with Gasteiger partial charge >= 0.3 is 0 Å². The van der Waals surface area contributed by atoms with E-state index in [1.807, 2.05) is 0 Å². The lowest BCUT2D eigenvalue weighted by atomic mass is 10.2. The Hall–Kier alpha value is -0.900. The van der Waals surface area contributed by atoms with Crippen LogP contribution in [0.1, 0.15) is 38.6 Å². The number of rotatable bonds is 3. The van der Waals surface area contributed by atoms with Gasteiger partial charge in [0.2, 0.25) is 0 Å². The van der Waals surface area contributed by atoms with Gasteiger partial charge in [0.25, 0.3) is 0 Å². The van der Waals surface area contributed by atoms with E-state index in [1.165, 1.54) is 0 Å². The van der Waals surface area contributed by atoms with E-state index < -0.39 is 0 Å². The summed E-state index contributed by atoms with van der Waals surface area (Å²) in [7, 11) is 0. The van der Waals surface area contributed by atoms with E-state index in [4.69, 9.17) is 4.74 Å². The SMILES string of the molecule is CC(C)Cn1cnnc1C1CCCO1. The summed E-state index contributed by atoms with van der Waals surface area (Å²) in [6.07, 6.45) is 4.20. The molecule has 1 fully saturated rings. The summed E-state index contributed by atoms with van der Waals surface area (Å²) in [5.41, 5.74) is 0. The second-order valence-electron chi connectivity index (χ2n) is 4.24. The zero-order valence-electron chi connectivity index (χ0n) is 8.81. The van der Waals surface area contributed by atoms with E-state index in [9.17, 15) is 0 Å². The van der Waals surface area contributed by atoms with Gasteiger partial charge in [0.05, 0.1) is 0 Å². The highest BCUT2D eigenvalue weighted by atomic mass is 16.5. The molecule has 0 spiro atoms. The molecule has 0 bridgehead atoms. The van der Waals surface area contributed by atoms with Crippen molar-refractivity contribution < 1.29 is 4.74 Å². The summed E-state index contributed by atoms with van der Waals surface area (Å²) in [5.74, 6) is 1.61. The molecule has 1 aliphatic heterocycles. The van der Waals surface area contributed by atoms with Crippen molar-refractivity contribution in [2.45, 2.75) is 39.3 Å². The molecule has 0 radical (unpaired) electrons. The minimum atomic E-state index is 0.177. The zero-order chi connectivity index (χ0) is 9.97. The van der Waals surface area contributed by atoms with Crippen molar-refractivity contribution in [3.63, 3.8) is 0 Å². The van der Waals surface area contributed by atoms with Crippen molar-refractivity contribution in [3.8, 4) is 0 Å². The van der Waals surface area contributed by atoms with Gasteiger partial charge in [-0.2, -0.15) is 0 Å². The molecule has 1 aromatic rings. The first-order chi connectivity index (χ1) is 6.77. The zero-order valence-corrected chi connectivity index (χ0v) is 8.81. The van der Waals surface area contributed by atoms with Crippen molar-refractivity contribution in [1.29, 1.82) is 0 Å². The second-order valence-corrected chi connectivity index (χ2v) is 4.24. The molecule has 1 saturated heterocycles. The van der Waals surface area contributed by atoms with Crippen molar-refractivity contribution in [2.75, 3.05) is 6.61 Å². The molecule has 4 nitrogen and oxygen atoms in total. The lowest BCUT2D eigenvalue weighted by molar-refractivity contribution is 0.101. The van der Waals surface area contributed by atoms with Crippen LogP contribution in [-0.2, 0) is 11.3 Å². The fraction of sp³-hybridized carbons (Fsp3) is 0.800. The first kappa shape index (κ1) is 9.65. The highest BCUT2D eigenvalue weighted by Crippen LogP contribution is 2.26. The van der Waals surface area contributed by atoms with Gasteiger partial charge in [-0.1, -0.05) is 13.8 Å². The van der Waals surface area contributed by atoms with E-state index in [2.05, 4.69) is 28.6 Å². The fourth-order valence-electron chi connectivity index (χ4n) is 1.83. The van der Waals surface area contributed by atoms with Crippen LogP contribution in [0.2, 0.25) is 0 Å². The number of hydrogen-bond donors (Lipinski definition) is 0. The van der Waals surface area contributed by atoms with E-state index >= 15 is 0 Å². The maximum atomic E-state index is 5.60. The average molecular weight is 195 g/mol. The van der Waals surface area contributed by atoms with Gasteiger partial charge in [0.15, 0.2) is 5.82 Å². The molecule has 0 aromatic carbocycles. The Morgan fingerprint density at radius 2 is 2.50 bits per heavy atom. The quantitative estimate of drug-likeness (QED) is 0.738. The molecule has 0 saturated carbocycles. The minimum absolute atomic E-state index is 0.177. The van der Waals surface area contributed by atoms with Crippen LogP contribution < -0.4 is 0 Å². The predicted molar refractivity (Wildman–Crippen MR) is 52.8 cm³/mol. The van der Waals surface area contributed by atoms with Crippen molar-refractivity contribution in [1.82, 2.24) is 14.8 Å². The summed E-state index contributed by atoms with van der Waals surface area (Å²) in [4.78, 5) is 0. The van der Waals surface area contributed by atoms with Gasteiger partial charge in [-0.3, -0.25) is 0 Å². The van der Waals surface area contributed by atoms with E-state index in [-0.39, 0.29) is 6.10 Å². The van der Waals surface area contributed by atoms with Crippen LogP contribution in [0, 0.1) is 5.92 Å². The van der Waals surface area contributed by atoms with Gasteiger partial charge < -0.3 is 9.30 Å². The maximum Gasteiger partial charge on any atom is 0.162 e. The lowest BCUT2D eigenvalue weighted by Gasteiger charge is -2.12. The largest absolute Gasteiger partial charge is 0.370 e. The Balaban J connectivity index is 2.12. The topological polar surface area (TPSA) is 39.9 Å². The third kappa shape index (κ3) is 1.95. The predicted octanol–water partition coefficient (Wildman–Crippen LogP) is 1.79. The van der Waals surface area contributed by atoms with Crippen LogP contribution in [0.5, 0.6) is 0 Å². The van der Waals surface area contributed by atoms with Crippen LogP contribution in [0.3, 0.4) is 0 Å².